The first-order chi connectivity index (χ1) is 13.6. The van der Waals surface area contributed by atoms with Crippen LogP contribution in [0.1, 0.15) is 61.4 Å². The van der Waals surface area contributed by atoms with E-state index in [-0.39, 0.29) is 11.3 Å². The normalized spacial score (nSPS) is 10.9. The minimum atomic E-state index is -0.478. The van der Waals surface area contributed by atoms with Crippen LogP contribution in [0.3, 0.4) is 0 Å². The first-order valence-electron chi connectivity index (χ1n) is 9.65. The number of phenolic OH excluding ortho intramolecular Hbond substituents is 1. The molecule has 0 aromatic heterocycles. The molecule has 6 heteroatoms. The number of benzene rings is 2. The Bertz CT molecular complexity index is 776. The summed E-state index contributed by atoms with van der Waals surface area (Å²) in [5, 5.41) is 13.7. The van der Waals surface area contributed by atoms with Gasteiger partial charge in [-0.2, -0.15) is 5.10 Å². The highest BCUT2D eigenvalue weighted by Gasteiger charge is 2.10. The standard InChI is InChI=1S/C22H27BrN2O3/c1-2-3-4-5-6-7-14-28-19-11-8-17(9-12-19)16-24-25-22(27)20-15-18(23)10-13-21(20)26/h8-13,15-16,26H,2-7,14H2,1H3,(H,25,27)/b24-16+. The number of hydrazone groups is 1. The molecule has 0 unspecified atom stereocenters. The minimum absolute atomic E-state index is 0.0947. The second-order valence-electron chi connectivity index (χ2n) is 6.55. The van der Waals surface area contributed by atoms with Crippen LogP contribution in [0, 0.1) is 0 Å². The van der Waals surface area contributed by atoms with Crippen LogP contribution in [0.15, 0.2) is 52.0 Å². The fraction of sp³-hybridized carbons (Fsp3) is 0.364. The first-order valence-corrected chi connectivity index (χ1v) is 10.4. The van der Waals surface area contributed by atoms with E-state index in [1.54, 1.807) is 12.3 Å². The number of aromatic hydroxyl groups is 1. The predicted octanol–water partition coefficient (Wildman–Crippen LogP) is 5.66. The van der Waals surface area contributed by atoms with Gasteiger partial charge in [-0.1, -0.05) is 55.0 Å². The fourth-order valence-corrected chi connectivity index (χ4v) is 3.00. The Morgan fingerprint density at radius 2 is 1.82 bits per heavy atom. The van der Waals surface area contributed by atoms with Gasteiger partial charge < -0.3 is 9.84 Å². The number of carbonyl (C=O) groups is 1. The summed E-state index contributed by atoms with van der Waals surface area (Å²) in [5.41, 5.74) is 3.41. The number of halogens is 1. The van der Waals surface area contributed by atoms with Crippen LogP contribution < -0.4 is 10.2 Å². The number of nitrogens with one attached hydrogen (secondary N) is 1. The lowest BCUT2D eigenvalue weighted by Crippen LogP contribution is -2.17. The molecule has 2 N–H and O–H groups in total. The molecule has 0 aliphatic rings. The van der Waals surface area contributed by atoms with Crippen LogP contribution in [0.4, 0.5) is 0 Å². The van der Waals surface area contributed by atoms with Crippen molar-refractivity contribution in [2.24, 2.45) is 5.10 Å². The molecular weight excluding hydrogens is 420 g/mol. The monoisotopic (exact) mass is 446 g/mol. The van der Waals surface area contributed by atoms with E-state index in [1.807, 2.05) is 24.3 Å². The van der Waals surface area contributed by atoms with E-state index in [4.69, 9.17) is 4.74 Å². The smallest absolute Gasteiger partial charge is 0.275 e. The number of ether oxygens (including phenoxy) is 1. The van der Waals surface area contributed by atoms with Gasteiger partial charge in [0, 0.05) is 4.47 Å². The van der Waals surface area contributed by atoms with E-state index in [0.29, 0.717) is 4.47 Å². The summed E-state index contributed by atoms with van der Waals surface area (Å²) in [6.45, 7) is 2.95. The Morgan fingerprint density at radius 1 is 1.11 bits per heavy atom. The summed E-state index contributed by atoms with van der Waals surface area (Å²) in [6, 6.07) is 12.2. The number of carbonyl (C=O) groups excluding carboxylic acids is 1. The van der Waals surface area contributed by atoms with Gasteiger partial charge in [-0.15, -0.1) is 0 Å². The van der Waals surface area contributed by atoms with Gasteiger partial charge in [0.2, 0.25) is 0 Å². The zero-order chi connectivity index (χ0) is 20.2. The van der Waals surface area contributed by atoms with E-state index in [9.17, 15) is 9.90 Å². The summed E-state index contributed by atoms with van der Waals surface area (Å²) in [4.78, 5) is 12.1. The summed E-state index contributed by atoms with van der Waals surface area (Å²) < 4.78 is 6.45. The summed E-state index contributed by atoms with van der Waals surface area (Å²) in [5.74, 6) is 0.255. The van der Waals surface area contributed by atoms with Gasteiger partial charge in [-0.05, 0) is 54.4 Å². The Kier molecular flexibility index (Phi) is 9.55. The number of phenols is 1. The van der Waals surface area contributed by atoms with E-state index >= 15 is 0 Å². The fourth-order valence-electron chi connectivity index (χ4n) is 2.64. The van der Waals surface area contributed by atoms with Gasteiger partial charge in [-0.25, -0.2) is 5.43 Å². The highest BCUT2D eigenvalue weighted by molar-refractivity contribution is 9.10. The molecule has 5 nitrogen and oxygen atoms in total. The number of amides is 1. The molecule has 0 atom stereocenters. The zero-order valence-corrected chi connectivity index (χ0v) is 17.7. The highest BCUT2D eigenvalue weighted by atomic mass is 79.9. The Labute approximate surface area is 174 Å². The van der Waals surface area contributed by atoms with Crippen molar-refractivity contribution in [2.45, 2.75) is 45.4 Å². The maximum atomic E-state index is 12.1. The second-order valence-corrected chi connectivity index (χ2v) is 7.46. The number of rotatable bonds is 11. The molecule has 2 aromatic rings. The van der Waals surface area contributed by atoms with Crippen molar-refractivity contribution in [3.05, 3.63) is 58.1 Å². The second kappa shape index (κ2) is 12.2. The molecule has 0 saturated carbocycles. The molecule has 0 fully saturated rings. The Hall–Kier alpha value is -2.34. The Morgan fingerprint density at radius 3 is 2.57 bits per heavy atom. The molecule has 0 aliphatic heterocycles. The molecule has 0 spiro atoms. The predicted molar refractivity (Wildman–Crippen MR) is 116 cm³/mol. The molecule has 0 aliphatic carbocycles. The van der Waals surface area contributed by atoms with E-state index in [2.05, 4.69) is 33.4 Å². The molecule has 1 amide bonds. The van der Waals surface area contributed by atoms with Gasteiger partial charge in [0.1, 0.15) is 11.5 Å². The van der Waals surface area contributed by atoms with Gasteiger partial charge in [0.25, 0.3) is 5.91 Å². The largest absolute Gasteiger partial charge is 0.507 e. The topological polar surface area (TPSA) is 70.9 Å². The van der Waals surface area contributed by atoms with Crippen molar-refractivity contribution in [1.29, 1.82) is 0 Å². The maximum Gasteiger partial charge on any atom is 0.275 e. The molecular formula is C22H27BrN2O3. The quantitative estimate of drug-likeness (QED) is 0.265. The molecule has 0 saturated heterocycles. The number of nitrogens with zero attached hydrogens (tertiary/aromatic N) is 1. The van der Waals surface area contributed by atoms with Crippen LogP contribution in [-0.4, -0.2) is 23.8 Å². The summed E-state index contributed by atoms with van der Waals surface area (Å²) in [6.07, 6.45) is 8.98. The molecule has 2 rings (SSSR count). The number of hydrogen-bond acceptors (Lipinski definition) is 4. The number of unbranched alkanes of at least 4 members (excludes halogenated alkanes) is 5. The van der Waals surface area contributed by atoms with Crippen molar-refractivity contribution in [3.8, 4) is 11.5 Å². The highest BCUT2D eigenvalue weighted by Crippen LogP contribution is 2.21. The SMILES string of the molecule is CCCCCCCCOc1ccc(/C=N/NC(=O)c2cc(Br)ccc2O)cc1. The summed E-state index contributed by atoms with van der Waals surface area (Å²) in [7, 11) is 0. The van der Waals surface area contributed by atoms with Crippen LogP contribution >= 0.6 is 15.9 Å². The average molecular weight is 447 g/mol. The summed E-state index contributed by atoms with van der Waals surface area (Å²) >= 11 is 3.27. The van der Waals surface area contributed by atoms with Crippen LogP contribution in [0.25, 0.3) is 0 Å². The molecule has 150 valence electrons. The van der Waals surface area contributed by atoms with Crippen molar-refractivity contribution in [1.82, 2.24) is 5.43 Å². The van der Waals surface area contributed by atoms with Crippen molar-refractivity contribution in [3.63, 3.8) is 0 Å². The van der Waals surface area contributed by atoms with Crippen LogP contribution in [-0.2, 0) is 0 Å². The lowest BCUT2D eigenvalue weighted by molar-refractivity contribution is 0.0952. The van der Waals surface area contributed by atoms with Gasteiger partial charge in [-0.3, -0.25) is 4.79 Å². The maximum absolute atomic E-state index is 12.1. The lowest BCUT2D eigenvalue weighted by atomic mass is 10.1. The van der Waals surface area contributed by atoms with Crippen LogP contribution in [0.5, 0.6) is 11.5 Å². The minimum Gasteiger partial charge on any atom is -0.507 e. The van der Waals surface area contributed by atoms with E-state index in [0.717, 1.165) is 24.3 Å². The van der Waals surface area contributed by atoms with Gasteiger partial charge in [0.05, 0.1) is 18.4 Å². The molecule has 0 bridgehead atoms. The lowest BCUT2D eigenvalue weighted by Gasteiger charge is -2.06. The molecule has 28 heavy (non-hydrogen) atoms. The number of hydrogen-bond donors (Lipinski definition) is 2. The molecule has 2 aromatic carbocycles. The van der Waals surface area contributed by atoms with Gasteiger partial charge in [0.15, 0.2) is 0 Å². The zero-order valence-electron chi connectivity index (χ0n) is 16.2. The first kappa shape index (κ1) is 22.0. The average Bonchev–Trinajstić information content (AvgIpc) is 2.70. The van der Waals surface area contributed by atoms with Crippen molar-refractivity contribution in [2.75, 3.05) is 6.61 Å². The Balaban J connectivity index is 1.74. The third-order valence-electron chi connectivity index (χ3n) is 4.23. The molecule has 0 heterocycles. The van der Waals surface area contributed by atoms with E-state index < -0.39 is 5.91 Å². The third kappa shape index (κ3) is 7.72. The van der Waals surface area contributed by atoms with Crippen molar-refractivity contribution >= 4 is 28.1 Å². The molecule has 0 radical (unpaired) electrons. The van der Waals surface area contributed by atoms with E-state index in [1.165, 1.54) is 44.2 Å². The van der Waals surface area contributed by atoms with Crippen LogP contribution in [0.2, 0.25) is 0 Å². The third-order valence-corrected chi connectivity index (χ3v) is 4.72. The van der Waals surface area contributed by atoms with Crippen molar-refractivity contribution < 1.29 is 14.6 Å². The van der Waals surface area contributed by atoms with Gasteiger partial charge >= 0.3 is 0 Å².